The zero-order valence-corrected chi connectivity index (χ0v) is 9.67. The Labute approximate surface area is 95.8 Å². The van der Waals surface area contributed by atoms with E-state index in [0.29, 0.717) is 21.2 Å². The average Bonchev–Trinajstić information content (AvgIpc) is 2.27. The summed E-state index contributed by atoms with van der Waals surface area (Å²) in [6.45, 7) is 0.118. The maximum absolute atomic E-state index is 11.4. The van der Waals surface area contributed by atoms with E-state index in [0.717, 1.165) is 0 Å². The van der Waals surface area contributed by atoms with Gasteiger partial charge in [-0.3, -0.25) is 0 Å². The maximum atomic E-state index is 11.4. The first kappa shape index (κ1) is 11.7. The predicted octanol–water partition coefficient (Wildman–Crippen LogP) is 1.57. The number of rotatable bonds is 2. The van der Waals surface area contributed by atoms with Gasteiger partial charge in [-0.2, -0.15) is 5.26 Å². The quantitative estimate of drug-likeness (QED) is 0.827. The molecule has 0 fully saturated rings. The topological polar surface area (TPSA) is 76.1 Å². The molecule has 0 saturated carbocycles. The molecule has 0 unspecified atom stereocenters. The van der Waals surface area contributed by atoms with Crippen molar-refractivity contribution in [2.75, 3.05) is 7.11 Å². The van der Waals surface area contributed by atoms with Crippen LogP contribution in [0, 0.1) is 11.3 Å². The van der Waals surface area contributed by atoms with Gasteiger partial charge in [-0.25, -0.2) is 4.79 Å². The Kier molecular flexibility index (Phi) is 3.83. The largest absolute Gasteiger partial charge is 0.465 e. The lowest BCUT2D eigenvalue weighted by atomic mass is 10.0. The van der Waals surface area contributed by atoms with Crippen LogP contribution in [-0.4, -0.2) is 13.1 Å². The fourth-order valence-corrected chi connectivity index (χ4v) is 1.71. The lowest BCUT2D eigenvalue weighted by Crippen LogP contribution is -2.11. The molecule has 0 saturated heterocycles. The molecule has 0 atom stereocenters. The van der Waals surface area contributed by atoms with Crippen LogP contribution in [0.3, 0.4) is 0 Å². The molecule has 0 aromatic heterocycles. The number of carbonyl (C=O) groups is 1. The summed E-state index contributed by atoms with van der Waals surface area (Å²) in [5.41, 5.74) is 6.72. The van der Waals surface area contributed by atoms with Crippen molar-refractivity contribution in [2.45, 2.75) is 6.54 Å². The van der Waals surface area contributed by atoms with Gasteiger partial charge >= 0.3 is 5.97 Å². The van der Waals surface area contributed by atoms with Gasteiger partial charge in [-0.15, -0.1) is 0 Å². The lowest BCUT2D eigenvalue weighted by Gasteiger charge is -2.08. The number of hydrogen-bond acceptors (Lipinski definition) is 4. The zero-order chi connectivity index (χ0) is 11.4. The van der Waals surface area contributed by atoms with E-state index in [-0.39, 0.29) is 6.54 Å². The number of halogens is 1. The Morgan fingerprint density at radius 1 is 1.67 bits per heavy atom. The van der Waals surface area contributed by atoms with E-state index in [4.69, 9.17) is 11.0 Å². The van der Waals surface area contributed by atoms with Crippen LogP contribution in [0.25, 0.3) is 0 Å². The Hall–Kier alpha value is -1.38. The molecule has 1 aromatic rings. The summed E-state index contributed by atoms with van der Waals surface area (Å²) >= 11 is 3.22. The van der Waals surface area contributed by atoms with Gasteiger partial charge in [-0.1, -0.05) is 0 Å². The second-order valence-corrected chi connectivity index (χ2v) is 3.61. The Morgan fingerprint density at radius 2 is 2.33 bits per heavy atom. The van der Waals surface area contributed by atoms with Gasteiger partial charge in [-0.05, 0) is 33.6 Å². The highest BCUT2D eigenvalue weighted by Crippen LogP contribution is 2.23. The Morgan fingerprint density at radius 3 is 2.80 bits per heavy atom. The summed E-state index contributed by atoms with van der Waals surface area (Å²) in [5.74, 6) is -0.487. The second kappa shape index (κ2) is 4.91. The van der Waals surface area contributed by atoms with Crippen molar-refractivity contribution in [2.24, 2.45) is 5.73 Å². The molecule has 78 valence electrons. The molecule has 0 aliphatic carbocycles. The molecular formula is C10H9BrN2O2. The molecule has 0 heterocycles. The minimum absolute atomic E-state index is 0.118. The van der Waals surface area contributed by atoms with Gasteiger partial charge in [0, 0.05) is 11.0 Å². The first-order valence-electron chi connectivity index (χ1n) is 4.15. The monoisotopic (exact) mass is 268 g/mol. The number of hydrogen-bond donors (Lipinski definition) is 1. The molecule has 0 radical (unpaired) electrons. The van der Waals surface area contributed by atoms with Gasteiger partial charge in [0.2, 0.25) is 0 Å². The Balaban J connectivity index is 3.43. The first-order valence-corrected chi connectivity index (χ1v) is 4.94. The third-order valence-electron chi connectivity index (χ3n) is 1.98. The summed E-state index contributed by atoms with van der Waals surface area (Å²) in [5, 5.41) is 8.92. The van der Waals surface area contributed by atoms with Gasteiger partial charge < -0.3 is 10.5 Å². The van der Waals surface area contributed by atoms with Gasteiger partial charge in [0.25, 0.3) is 0 Å². The van der Waals surface area contributed by atoms with E-state index in [2.05, 4.69) is 20.7 Å². The highest BCUT2D eigenvalue weighted by atomic mass is 79.9. The molecule has 0 spiro atoms. The normalized spacial score (nSPS) is 9.47. The minimum Gasteiger partial charge on any atom is -0.465 e. The summed E-state index contributed by atoms with van der Waals surface area (Å²) < 4.78 is 5.22. The smallest absolute Gasteiger partial charge is 0.338 e. The van der Waals surface area contributed by atoms with Crippen molar-refractivity contribution in [1.29, 1.82) is 5.26 Å². The SMILES string of the molecule is COC(=O)c1ccc(Br)c(C#N)c1CN. The summed E-state index contributed by atoms with van der Waals surface area (Å²) in [6.07, 6.45) is 0. The molecule has 0 amide bonds. The van der Waals surface area contributed by atoms with Crippen LogP contribution in [0.2, 0.25) is 0 Å². The maximum Gasteiger partial charge on any atom is 0.338 e. The number of nitrogens with two attached hydrogens (primary N) is 1. The van der Waals surface area contributed by atoms with Crippen molar-refractivity contribution in [1.82, 2.24) is 0 Å². The van der Waals surface area contributed by atoms with Crippen molar-refractivity contribution in [3.8, 4) is 6.07 Å². The molecular weight excluding hydrogens is 260 g/mol. The van der Waals surface area contributed by atoms with E-state index in [1.165, 1.54) is 7.11 Å². The van der Waals surface area contributed by atoms with Crippen molar-refractivity contribution < 1.29 is 9.53 Å². The number of methoxy groups -OCH3 is 1. The van der Waals surface area contributed by atoms with E-state index in [9.17, 15) is 4.79 Å². The van der Waals surface area contributed by atoms with Gasteiger partial charge in [0.1, 0.15) is 6.07 Å². The van der Waals surface area contributed by atoms with Crippen molar-refractivity contribution in [3.63, 3.8) is 0 Å². The number of nitrogens with zero attached hydrogens (tertiary/aromatic N) is 1. The van der Waals surface area contributed by atoms with Crippen LogP contribution in [0.5, 0.6) is 0 Å². The number of benzene rings is 1. The second-order valence-electron chi connectivity index (χ2n) is 2.76. The molecule has 0 aliphatic rings. The standard InChI is InChI=1S/C10H9BrN2O2/c1-15-10(14)6-2-3-9(11)8(5-13)7(6)4-12/h2-3H,4,12H2,1H3. The van der Waals surface area contributed by atoms with Crippen LogP contribution >= 0.6 is 15.9 Å². The van der Waals surface area contributed by atoms with Crippen LogP contribution in [0.4, 0.5) is 0 Å². The number of esters is 1. The lowest BCUT2D eigenvalue weighted by molar-refractivity contribution is 0.0599. The molecule has 1 aromatic carbocycles. The fraction of sp³-hybridized carbons (Fsp3) is 0.200. The van der Waals surface area contributed by atoms with Crippen LogP contribution in [0.1, 0.15) is 21.5 Å². The van der Waals surface area contributed by atoms with E-state index in [1.807, 2.05) is 6.07 Å². The van der Waals surface area contributed by atoms with Gasteiger partial charge in [0.15, 0.2) is 0 Å². The first-order chi connectivity index (χ1) is 7.15. The van der Waals surface area contributed by atoms with Crippen molar-refractivity contribution >= 4 is 21.9 Å². The Bertz CT molecular complexity index is 438. The fourth-order valence-electron chi connectivity index (χ4n) is 1.25. The predicted molar refractivity (Wildman–Crippen MR) is 58.1 cm³/mol. The number of ether oxygens (including phenoxy) is 1. The third-order valence-corrected chi connectivity index (χ3v) is 2.64. The number of carbonyl (C=O) groups excluding carboxylic acids is 1. The van der Waals surface area contributed by atoms with Crippen LogP contribution < -0.4 is 5.73 Å². The molecule has 15 heavy (non-hydrogen) atoms. The average molecular weight is 269 g/mol. The summed E-state index contributed by atoms with van der Waals surface area (Å²) in [6, 6.07) is 5.21. The summed E-state index contributed by atoms with van der Waals surface area (Å²) in [4.78, 5) is 11.4. The van der Waals surface area contributed by atoms with E-state index < -0.39 is 5.97 Å². The molecule has 4 nitrogen and oxygen atoms in total. The molecule has 0 bridgehead atoms. The van der Waals surface area contributed by atoms with Gasteiger partial charge in [0.05, 0.1) is 18.2 Å². The molecule has 2 N–H and O–H groups in total. The van der Waals surface area contributed by atoms with Crippen LogP contribution in [-0.2, 0) is 11.3 Å². The zero-order valence-electron chi connectivity index (χ0n) is 8.08. The molecule has 0 aliphatic heterocycles. The highest BCUT2D eigenvalue weighted by molar-refractivity contribution is 9.10. The highest BCUT2D eigenvalue weighted by Gasteiger charge is 2.16. The van der Waals surface area contributed by atoms with E-state index in [1.54, 1.807) is 12.1 Å². The minimum atomic E-state index is -0.487. The van der Waals surface area contributed by atoms with Crippen molar-refractivity contribution in [3.05, 3.63) is 33.3 Å². The number of nitriles is 1. The van der Waals surface area contributed by atoms with Crippen LogP contribution in [0.15, 0.2) is 16.6 Å². The molecule has 5 heteroatoms. The van der Waals surface area contributed by atoms with E-state index >= 15 is 0 Å². The summed E-state index contributed by atoms with van der Waals surface area (Å²) in [7, 11) is 1.29. The third kappa shape index (κ3) is 2.17. The molecule has 1 rings (SSSR count).